The van der Waals surface area contributed by atoms with Crippen LogP contribution in [0.3, 0.4) is 0 Å². The van der Waals surface area contributed by atoms with Gasteiger partial charge in [-0.3, -0.25) is 0 Å². The largest absolute Gasteiger partial charge is 0.404 e. The summed E-state index contributed by atoms with van der Waals surface area (Å²) in [6.07, 6.45) is 3.89. The van der Waals surface area contributed by atoms with Crippen molar-refractivity contribution in [3.63, 3.8) is 0 Å². The van der Waals surface area contributed by atoms with Crippen LogP contribution in [-0.4, -0.2) is 11.4 Å². The minimum Gasteiger partial charge on any atom is -0.404 e. The van der Waals surface area contributed by atoms with E-state index in [9.17, 15) is 0 Å². The smallest absolute Gasteiger partial charge is 0.113 e. The molecule has 0 saturated heterocycles. The van der Waals surface area contributed by atoms with E-state index >= 15 is 0 Å². The summed E-state index contributed by atoms with van der Waals surface area (Å²) in [4.78, 5) is 0. The average Bonchev–Trinajstić information content (AvgIpc) is 2.76. The van der Waals surface area contributed by atoms with Gasteiger partial charge in [0.25, 0.3) is 0 Å². The first-order chi connectivity index (χ1) is 13.3. The molecule has 3 aromatic carbocycles. The number of benzene rings is 3. The number of hydrogen-bond donors (Lipinski definition) is 1. The van der Waals surface area contributed by atoms with E-state index in [1.807, 2.05) is 17.2 Å². The first kappa shape index (κ1) is 19.7. The summed E-state index contributed by atoms with van der Waals surface area (Å²) in [5.74, 6) is 0. The van der Waals surface area contributed by atoms with Crippen molar-refractivity contribution in [2.75, 3.05) is 6.16 Å². The summed E-state index contributed by atoms with van der Waals surface area (Å²) < 4.78 is 0. The van der Waals surface area contributed by atoms with Crippen LogP contribution >= 0.6 is 19.0 Å². The average molecular weight is 393 g/mol. The van der Waals surface area contributed by atoms with Crippen molar-refractivity contribution in [2.24, 2.45) is 5.73 Å². The molecule has 2 N–H and O–H groups in total. The molecule has 0 saturated carbocycles. The van der Waals surface area contributed by atoms with Crippen molar-refractivity contribution in [3.8, 4) is 0 Å². The molecule has 0 aromatic heterocycles. The lowest BCUT2D eigenvalue weighted by molar-refractivity contribution is 0.915. The van der Waals surface area contributed by atoms with E-state index in [2.05, 4.69) is 97.9 Å². The molecule has 0 radical (unpaired) electrons. The van der Waals surface area contributed by atoms with Crippen molar-refractivity contribution < 1.29 is 0 Å². The van der Waals surface area contributed by atoms with Crippen LogP contribution in [0.4, 0.5) is 0 Å². The van der Waals surface area contributed by atoms with Gasteiger partial charge in [0.15, 0.2) is 0 Å². The molecule has 0 bridgehead atoms. The number of hydrogen-bond acceptors (Lipinski definition) is 2. The van der Waals surface area contributed by atoms with Crippen LogP contribution < -0.4 is 21.6 Å². The van der Waals surface area contributed by atoms with Crippen LogP contribution in [0.25, 0.3) is 0 Å². The second kappa shape index (κ2) is 9.78. The first-order valence-electron chi connectivity index (χ1n) is 9.38. The van der Waals surface area contributed by atoms with Gasteiger partial charge in [-0.25, -0.2) is 0 Å². The zero-order chi connectivity index (χ0) is 19.0. The van der Waals surface area contributed by atoms with Crippen LogP contribution in [0.2, 0.25) is 0 Å². The van der Waals surface area contributed by atoms with Gasteiger partial charge in [-0.05, 0) is 48.2 Å². The highest BCUT2D eigenvalue weighted by Gasteiger charge is 2.46. The Balaban J connectivity index is 2.22. The Morgan fingerprint density at radius 3 is 1.52 bits per heavy atom. The topological polar surface area (TPSA) is 26.0 Å². The Hall–Kier alpha value is -2.02. The second-order valence-electron chi connectivity index (χ2n) is 6.49. The maximum absolute atomic E-state index is 5.64. The normalized spacial score (nSPS) is 12.9. The van der Waals surface area contributed by atoms with Gasteiger partial charge in [-0.15, -0.1) is 11.8 Å². The molecule has 138 valence electrons. The summed E-state index contributed by atoms with van der Waals surface area (Å²) in [5.41, 5.74) is 5.64. The fraction of sp³-hybridized carbons (Fsp3) is 0.167. The van der Waals surface area contributed by atoms with Gasteiger partial charge in [0.05, 0.1) is 6.16 Å². The van der Waals surface area contributed by atoms with Crippen molar-refractivity contribution in [1.82, 2.24) is 0 Å². The van der Waals surface area contributed by atoms with Gasteiger partial charge in [-0.1, -0.05) is 61.5 Å². The lowest BCUT2D eigenvalue weighted by Crippen LogP contribution is -2.36. The molecule has 0 aliphatic rings. The van der Waals surface area contributed by atoms with Gasteiger partial charge < -0.3 is 5.73 Å². The molecular formula is C24H27NPS+. The van der Waals surface area contributed by atoms with Gasteiger partial charge in [0, 0.05) is 11.4 Å². The summed E-state index contributed by atoms with van der Waals surface area (Å²) in [5, 5.41) is 6.87. The zero-order valence-corrected chi connectivity index (χ0v) is 17.5. The summed E-state index contributed by atoms with van der Waals surface area (Å²) in [7, 11) is -1.76. The molecule has 0 amide bonds. The first-order valence-corrected chi connectivity index (χ1v) is 12.3. The van der Waals surface area contributed by atoms with Crippen LogP contribution in [0.15, 0.2) is 103 Å². The lowest BCUT2D eigenvalue weighted by Gasteiger charge is -2.30. The third kappa shape index (κ3) is 4.46. The van der Waals surface area contributed by atoms with Gasteiger partial charge >= 0.3 is 0 Å². The molecule has 0 aliphatic carbocycles. The Morgan fingerprint density at radius 2 is 1.19 bits per heavy atom. The maximum Gasteiger partial charge on any atom is 0.113 e. The molecule has 27 heavy (non-hydrogen) atoms. The molecule has 3 heteroatoms. The molecule has 1 nitrogen and oxygen atoms in total. The Morgan fingerprint density at radius 1 is 0.778 bits per heavy atom. The third-order valence-electron chi connectivity index (χ3n) is 4.87. The standard InChI is InChI=1S/C24H27NPS/c1-2-24(27-19-18-25)20-26(21-12-6-3-7-13-21,22-14-8-4-9-15-22)23-16-10-5-11-17-23/h3-19,24H,2,20,25H2,1H3/q+1/b19-18-. The fourth-order valence-electron chi connectivity index (χ4n) is 3.54. The van der Waals surface area contributed by atoms with Crippen LogP contribution in [0, 0.1) is 0 Å². The summed E-state index contributed by atoms with van der Waals surface area (Å²) in [6, 6.07) is 33.2. The highest BCUT2D eigenvalue weighted by Crippen LogP contribution is 2.57. The highest BCUT2D eigenvalue weighted by molar-refractivity contribution is 8.04. The van der Waals surface area contributed by atoms with E-state index in [-0.39, 0.29) is 0 Å². The predicted octanol–water partition coefficient (Wildman–Crippen LogP) is 4.92. The van der Waals surface area contributed by atoms with E-state index in [0.717, 1.165) is 12.6 Å². The van der Waals surface area contributed by atoms with Crippen molar-refractivity contribution >= 4 is 34.9 Å². The minimum absolute atomic E-state index is 0.513. The maximum atomic E-state index is 5.64. The minimum atomic E-state index is -1.76. The van der Waals surface area contributed by atoms with Crippen molar-refractivity contribution in [3.05, 3.63) is 103 Å². The Labute approximate surface area is 168 Å². The van der Waals surface area contributed by atoms with Crippen LogP contribution in [-0.2, 0) is 0 Å². The molecule has 0 fully saturated rings. The number of nitrogens with two attached hydrogens (primary N) is 1. The monoisotopic (exact) mass is 392 g/mol. The Bertz CT molecular complexity index is 737. The van der Waals surface area contributed by atoms with E-state index in [1.54, 1.807) is 6.20 Å². The predicted molar refractivity (Wildman–Crippen MR) is 125 cm³/mol. The summed E-state index contributed by atoms with van der Waals surface area (Å²) in [6.45, 7) is 2.28. The molecule has 1 unspecified atom stereocenters. The molecular weight excluding hydrogens is 365 g/mol. The van der Waals surface area contributed by atoms with Crippen molar-refractivity contribution in [1.29, 1.82) is 0 Å². The molecule has 0 heterocycles. The number of rotatable bonds is 8. The van der Waals surface area contributed by atoms with Gasteiger partial charge in [0.2, 0.25) is 0 Å². The lowest BCUT2D eigenvalue weighted by atomic mass is 10.3. The van der Waals surface area contributed by atoms with E-state index in [4.69, 9.17) is 5.73 Å². The SMILES string of the molecule is CCC(C[P+](c1ccccc1)(c1ccccc1)c1ccccc1)S/C=C\N. The van der Waals surface area contributed by atoms with Crippen LogP contribution in [0.1, 0.15) is 13.3 Å². The van der Waals surface area contributed by atoms with E-state index in [0.29, 0.717) is 5.25 Å². The van der Waals surface area contributed by atoms with E-state index in [1.165, 1.54) is 15.9 Å². The van der Waals surface area contributed by atoms with Crippen LogP contribution in [0.5, 0.6) is 0 Å². The highest BCUT2D eigenvalue weighted by atomic mass is 32.2. The fourth-order valence-corrected chi connectivity index (χ4v) is 9.50. The Kier molecular flexibility index (Phi) is 7.15. The molecule has 3 rings (SSSR count). The molecule has 0 aliphatic heterocycles. The molecule has 3 aromatic rings. The zero-order valence-electron chi connectivity index (χ0n) is 15.7. The number of thioether (sulfide) groups is 1. The van der Waals surface area contributed by atoms with Gasteiger partial charge in [0.1, 0.15) is 23.2 Å². The molecule has 1 atom stereocenters. The summed E-state index contributed by atoms with van der Waals surface area (Å²) >= 11 is 1.85. The molecule has 0 spiro atoms. The second-order valence-corrected chi connectivity index (χ2v) is 11.2. The van der Waals surface area contributed by atoms with Crippen molar-refractivity contribution in [2.45, 2.75) is 18.6 Å². The van der Waals surface area contributed by atoms with Gasteiger partial charge in [-0.2, -0.15) is 0 Å². The van der Waals surface area contributed by atoms with E-state index < -0.39 is 7.26 Å². The third-order valence-corrected chi connectivity index (χ3v) is 10.8. The quantitative estimate of drug-likeness (QED) is 0.551.